The van der Waals surface area contributed by atoms with Gasteiger partial charge >= 0.3 is 0 Å². The Morgan fingerprint density at radius 1 is 1.15 bits per heavy atom. The van der Waals surface area contributed by atoms with Gasteiger partial charge < -0.3 is 20.7 Å². The van der Waals surface area contributed by atoms with Gasteiger partial charge in [-0.25, -0.2) is 0 Å². The van der Waals surface area contributed by atoms with Crippen LogP contribution in [0.5, 0.6) is 5.75 Å². The summed E-state index contributed by atoms with van der Waals surface area (Å²) in [5, 5.41) is 3.31. The van der Waals surface area contributed by atoms with Gasteiger partial charge in [0, 0.05) is 19.3 Å². The third-order valence-corrected chi connectivity index (χ3v) is 4.09. The molecule has 6 heteroatoms. The molecular formula is C20H28ClN3O2. The Morgan fingerprint density at radius 2 is 1.77 bits per heavy atom. The smallest absolute Gasteiger partial charge is 0.255 e. The van der Waals surface area contributed by atoms with Crippen LogP contribution in [0.15, 0.2) is 48.5 Å². The van der Waals surface area contributed by atoms with Crippen molar-refractivity contribution in [3.8, 4) is 5.75 Å². The van der Waals surface area contributed by atoms with E-state index in [2.05, 4.69) is 19.2 Å². The second kappa shape index (κ2) is 9.46. The quantitative estimate of drug-likeness (QED) is 0.767. The molecule has 0 aliphatic rings. The highest BCUT2D eigenvalue weighted by Gasteiger charge is 2.23. The third-order valence-electron chi connectivity index (χ3n) is 4.09. The van der Waals surface area contributed by atoms with Crippen molar-refractivity contribution in [3.05, 3.63) is 54.1 Å². The minimum absolute atomic E-state index is 0. The van der Waals surface area contributed by atoms with Crippen LogP contribution < -0.4 is 15.8 Å². The minimum Gasteiger partial charge on any atom is -0.497 e. The van der Waals surface area contributed by atoms with Crippen LogP contribution in [0, 0.1) is 5.41 Å². The minimum atomic E-state index is -0.122. The summed E-state index contributed by atoms with van der Waals surface area (Å²) in [6.45, 7) is 5.23. The number of benzene rings is 2. The number of carbonyl (C=O) groups is 1. The first-order valence-electron chi connectivity index (χ1n) is 8.32. The summed E-state index contributed by atoms with van der Waals surface area (Å²) in [6.07, 6.45) is 0. The topological polar surface area (TPSA) is 67.6 Å². The van der Waals surface area contributed by atoms with Crippen molar-refractivity contribution in [2.24, 2.45) is 11.1 Å². The van der Waals surface area contributed by atoms with Crippen LogP contribution in [0.25, 0.3) is 0 Å². The molecule has 0 saturated heterocycles. The number of nitrogens with two attached hydrogens (primary N) is 1. The van der Waals surface area contributed by atoms with Crippen molar-refractivity contribution in [2.75, 3.05) is 32.6 Å². The molecule has 2 aromatic carbocycles. The van der Waals surface area contributed by atoms with E-state index in [1.807, 2.05) is 55.6 Å². The number of nitrogens with zero attached hydrogens (tertiary/aromatic N) is 1. The summed E-state index contributed by atoms with van der Waals surface area (Å²) in [4.78, 5) is 14.6. The molecule has 0 saturated carbocycles. The Kier molecular flexibility index (Phi) is 7.93. The number of methoxy groups -OCH3 is 1. The summed E-state index contributed by atoms with van der Waals surface area (Å²) < 4.78 is 5.17. The molecule has 0 atom stereocenters. The molecule has 0 spiro atoms. The zero-order chi connectivity index (χ0) is 18.4. The summed E-state index contributed by atoms with van der Waals surface area (Å²) in [7, 11) is 3.44. The van der Waals surface area contributed by atoms with E-state index in [1.165, 1.54) is 0 Å². The maximum Gasteiger partial charge on any atom is 0.255 e. The number of amides is 1. The van der Waals surface area contributed by atoms with Gasteiger partial charge in [-0.3, -0.25) is 4.79 Å². The lowest BCUT2D eigenvalue weighted by molar-refractivity contribution is 0.0741. The second-order valence-electron chi connectivity index (χ2n) is 6.93. The van der Waals surface area contributed by atoms with Crippen molar-refractivity contribution in [1.29, 1.82) is 0 Å². The Hall–Kier alpha value is -2.24. The molecule has 0 aliphatic carbocycles. The van der Waals surface area contributed by atoms with Gasteiger partial charge in [0.15, 0.2) is 0 Å². The number of ether oxygens (including phenoxy) is 1. The molecule has 5 nitrogen and oxygen atoms in total. The maximum atomic E-state index is 12.9. The predicted octanol–water partition coefficient (Wildman–Crippen LogP) is 3.92. The van der Waals surface area contributed by atoms with Crippen molar-refractivity contribution in [2.45, 2.75) is 13.8 Å². The molecule has 142 valence electrons. The Balaban J connectivity index is 0.00000338. The fourth-order valence-electron chi connectivity index (χ4n) is 2.59. The average Bonchev–Trinajstić information content (AvgIpc) is 2.62. The third kappa shape index (κ3) is 5.64. The van der Waals surface area contributed by atoms with E-state index in [-0.39, 0.29) is 23.7 Å². The van der Waals surface area contributed by atoms with E-state index in [0.29, 0.717) is 18.7 Å². The number of hydrogen-bond acceptors (Lipinski definition) is 4. The van der Waals surface area contributed by atoms with Gasteiger partial charge in [-0.05, 0) is 48.4 Å². The molecule has 0 aliphatic heterocycles. The van der Waals surface area contributed by atoms with Crippen LogP contribution in [0.4, 0.5) is 11.4 Å². The van der Waals surface area contributed by atoms with Gasteiger partial charge in [-0.15, -0.1) is 12.4 Å². The molecule has 26 heavy (non-hydrogen) atoms. The molecular weight excluding hydrogens is 350 g/mol. The summed E-state index contributed by atoms with van der Waals surface area (Å²) >= 11 is 0. The van der Waals surface area contributed by atoms with E-state index < -0.39 is 0 Å². The van der Waals surface area contributed by atoms with Crippen molar-refractivity contribution < 1.29 is 9.53 Å². The fraction of sp³-hybridized carbons (Fsp3) is 0.350. The van der Waals surface area contributed by atoms with E-state index in [1.54, 1.807) is 12.0 Å². The van der Waals surface area contributed by atoms with Gasteiger partial charge in [0.25, 0.3) is 5.91 Å². The molecule has 0 heterocycles. The highest BCUT2D eigenvalue weighted by Crippen LogP contribution is 2.24. The molecule has 0 bridgehead atoms. The first-order valence-corrected chi connectivity index (χ1v) is 8.32. The molecule has 0 aromatic heterocycles. The van der Waals surface area contributed by atoms with Crippen molar-refractivity contribution in [3.63, 3.8) is 0 Å². The molecule has 3 N–H and O–H groups in total. The van der Waals surface area contributed by atoms with Gasteiger partial charge in [-0.1, -0.05) is 26.0 Å². The number of para-hydroxylation sites is 1. The van der Waals surface area contributed by atoms with Crippen molar-refractivity contribution in [1.82, 2.24) is 4.90 Å². The fourth-order valence-corrected chi connectivity index (χ4v) is 2.59. The molecule has 0 fully saturated rings. The summed E-state index contributed by atoms with van der Waals surface area (Å²) in [5.74, 6) is 0.761. The molecule has 0 radical (unpaired) electrons. The number of hydrogen-bond donors (Lipinski definition) is 2. The van der Waals surface area contributed by atoms with Gasteiger partial charge in [0.2, 0.25) is 0 Å². The largest absolute Gasteiger partial charge is 0.497 e. The molecule has 1 amide bonds. The lowest BCUT2D eigenvalue weighted by atomic mass is 9.93. The molecule has 0 unspecified atom stereocenters. The van der Waals surface area contributed by atoms with Crippen molar-refractivity contribution >= 4 is 29.7 Å². The monoisotopic (exact) mass is 377 g/mol. The summed E-state index contributed by atoms with van der Waals surface area (Å²) in [5.41, 5.74) is 7.97. The van der Waals surface area contributed by atoms with Gasteiger partial charge in [0.05, 0.1) is 18.4 Å². The highest BCUT2D eigenvalue weighted by atomic mass is 35.5. The number of halogens is 1. The van der Waals surface area contributed by atoms with Crippen LogP contribution in [-0.4, -0.2) is 38.1 Å². The van der Waals surface area contributed by atoms with E-state index >= 15 is 0 Å². The number of rotatable bonds is 7. The molecule has 2 rings (SSSR count). The van der Waals surface area contributed by atoms with E-state index in [0.717, 1.165) is 17.1 Å². The van der Waals surface area contributed by atoms with Crippen LogP contribution in [0.1, 0.15) is 24.2 Å². The Morgan fingerprint density at radius 3 is 2.35 bits per heavy atom. The number of nitrogens with one attached hydrogen (secondary N) is 1. The Bertz CT molecular complexity index is 717. The van der Waals surface area contributed by atoms with Crippen LogP contribution in [0.3, 0.4) is 0 Å². The Labute approximate surface area is 161 Å². The van der Waals surface area contributed by atoms with Crippen LogP contribution >= 0.6 is 12.4 Å². The number of anilines is 2. The lowest BCUT2D eigenvalue weighted by Gasteiger charge is -2.29. The predicted molar refractivity (Wildman–Crippen MR) is 110 cm³/mol. The zero-order valence-corrected chi connectivity index (χ0v) is 16.6. The second-order valence-corrected chi connectivity index (χ2v) is 6.93. The van der Waals surface area contributed by atoms with E-state index in [9.17, 15) is 4.79 Å². The molecule has 2 aromatic rings. The lowest BCUT2D eigenvalue weighted by Crippen LogP contribution is -2.39. The van der Waals surface area contributed by atoms with Crippen LogP contribution in [-0.2, 0) is 0 Å². The first-order chi connectivity index (χ1) is 11.9. The number of carbonyl (C=O) groups excluding carboxylic acids is 1. The normalized spacial score (nSPS) is 10.7. The van der Waals surface area contributed by atoms with Gasteiger partial charge in [-0.2, -0.15) is 0 Å². The van der Waals surface area contributed by atoms with Crippen LogP contribution in [0.2, 0.25) is 0 Å². The van der Waals surface area contributed by atoms with E-state index in [4.69, 9.17) is 10.5 Å². The van der Waals surface area contributed by atoms with Gasteiger partial charge in [0.1, 0.15) is 5.75 Å². The average molecular weight is 378 g/mol. The summed E-state index contributed by atoms with van der Waals surface area (Å²) in [6, 6.07) is 15.1. The standard InChI is InChI=1S/C20H27N3O2.ClH/c1-20(2,13-21)14-23(3)19(24)17-7-5-6-8-18(17)22-15-9-11-16(25-4)12-10-15;/h5-12,22H,13-14,21H2,1-4H3;1H. The highest BCUT2D eigenvalue weighted by molar-refractivity contribution is 6.00. The first kappa shape index (κ1) is 21.8. The zero-order valence-electron chi connectivity index (χ0n) is 15.8. The maximum absolute atomic E-state index is 12.9. The SMILES string of the molecule is COc1ccc(Nc2ccccc2C(=O)N(C)CC(C)(C)CN)cc1.Cl.